The molecule has 1 aliphatic rings. The Hall–Kier alpha value is -3.20. The third-order valence-electron chi connectivity index (χ3n) is 5.22. The molecule has 2 aromatic carbocycles. The number of methoxy groups -OCH3 is 1. The first-order valence-electron chi connectivity index (χ1n) is 10.0. The highest BCUT2D eigenvalue weighted by molar-refractivity contribution is 7.22. The number of ether oxygens (including phenoxy) is 1. The van der Waals surface area contributed by atoms with Crippen molar-refractivity contribution < 1.29 is 18.7 Å². The molecule has 0 saturated carbocycles. The molecule has 0 bridgehead atoms. The molecule has 0 aliphatic carbocycles. The number of hydrogen-bond donors (Lipinski definition) is 1. The molecule has 1 saturated heterocycles. The number of nitrogens with zero attached hydrogens (tertiary/aromatic N) is 3. The number of hydrogen-bond acceptors (Lipinski definition) is 6. The summed E-state index contributed by atoms with van der Waals surface area (Å²) in [5, 5.41) is 3.11. The van der Waals surface area contributed by atoms with Crippen molar-refractivity contribution in [2.75, 3.05) is 43.5 Å². The number of carbonyl (C=O) groups is 2. The maximum Gasteiger partial charge on any atom is 0.226 e. The van der Waals surface area contributed by atoms with E-state index in [9.17, 15) is 14.0 Å². The average Bonchev–Trinajstić information content (AvgIpc) is 3.18. The van der Waals surface area contributed by atoms with Gasteiger partial charge in [-0.1, -0.05) is 23.5 Å². The highest BCUT2D eigenvalue weighted by Gasteiger charge is 2.23. The van der Waals surface area contributed by atoms with Crippen LogP contribution < -0.4 is 15.0 Å². The van der Waals surface area contributed by atoms with Gasteiger partial charge in [0.15, 0.2) is 5.13 Å². The third kappa shape index (κ3) is 4.93. The van der Waals surface area contributed by atoms with Gasteiger partial charge >= 0.3 is 0 Å². The van der Waals surface area contributed by atoms with Crippen molar-refractivity contribution in [1.82, 2.24) is 9.88 Å². The first kappa shape index (κ1) is 21.0. The Labute approximate surface area is 183 Å². The highest BCUT2D eigenvalue weighted by atomic mass is 32.1. The summed E-state index contributed by atoms with van der Waals surface area (Å²) in [6.45, 7) is 2.62. The molecule has 4 rings (SSSR count). The largest absolute Gasteiger partial charge is 0.495 e. The van der Waals surface area contributed by atoms with E-state index in [1.165, 1.54) is 23.5 Å². The standard InChI is InChI=1S/C22H23FN4O3S/c1-30-18-5-3-2-4-17(18)26-10-12-27(13-11-26)21(29)9-8-20(28)25-22-24-16-7-6-15(23)14-19(16)31-22/h2-7,14H,8-13H2,1H3,(H,24,25,28). The van der Waals surface area contributed by atoms with E-state index >= 15 is 0 Å². The fraction of sp³-hybridized carbons (Fsp3) is 0.318. The van der Waals surface area contributed by atoms with E-state index in [0.717, 1.165) is 11.4 Å². The van der Waals surface area contributed by atoms with Crippen LogP contribution in [0, 0.1) is 5.82 Å². The van der Waals surface area contributed by atoms with Crippen LogP contribution in [-0.4, -0.2) is 55.0 Å². The van der Waals surface area contributed by atoms with Gasteiger partial charge < -0.3 is 19.9 Å². The number of nitrogens with one attached hydrogen (secondary N) is 1. The third-order valence-corrected chi connectivity index (χ3v) is 6.15. The number of carbonyl (C=O) groups excluding carboxylic acids is 2. The van der Waals surface area contributed by atoms with E-state index in [2.05, 4.69) is 15.2 Å². The van der Waals surface area contributed by atoms with Gasteiger partial charge in [-0.25, -0.2) is 9.37 Å². The van der Waals surface area contributed by atoms with E-state index in [4.69, 9.17) is 4.74 Å². The second-order valence-corrected chi connectivity index (χ2v) is 8.25. The van der Waals surface area contributed by atoms with Crippen molar-refractivity contribution in [3.63, 3.8) is 0 Å². The molecular weight excluding hydrogens is 419 g/mol. The van der Waals surface area contributed by atoms with Crippen LogP contribution in [0.2, 0.25) is 0 Å². The SMILES string of the molecule is COc1ccccc1N1CCN(C(=O)CCC(=O)Nc2nc3ccc(F)cc3s2)CC1. The Bertz CT molecular complexity index is 1100. The maximum absolute atomic E-state index is 13.3. The summed E-state index contributed by atoms with van der Waals surface area (Å²) in [6.07, 6.45) is 0.218. The fourth-order valence-corrected chi connectivity index (χ4v) is 4.51. The number of aromatic nitrogens is 1. The number of halogens is 1. The molecule has 0 atom stereocenters. The van der Waals surface area contributed by atoms with Crippen molar-refractivity contribution in [1.29, 1.82) is 0 Å². The van der Waals surface area contributed by atoms with Gasteiger partial charge in [-0.2, -0.15) is 0 Å². The molecular formula is C22H23FN4O3S. The zero-order valence-corrected chi connectivity index (χ0v) is 18.0. The number of amides is 2. The minimum atomic E-state index is -0.342. The molecule has 1 aromatic heterocycles. The van der Waals surface area contributed by atoms with Gasteiger partial charge in [0, 0.05) is 39.0 Å². The van der Waals surface area contributed by atoms with Gasteiger partial charge in [0.1, 0.15) is 11.6 Å². The molecule has 1 fully saturated rings. The number of benzene rings is 2. The Kier molecular flexibility index (Phi) is 6.31. The quantitative estimate of drug-likeness (QED) is 0.632. The lowest BCUT2D eigenvalue weighted by Gasteiger charge is -2.36. The molecule has 162 valence electrons. The molecule has 1 aliphatic heterocycles. The molecule has 7 nitrogen and oxygen atoms in total. The van der Waals surface area contributed by atoms with E-state index in [1.807, 2.05) is 24.3 Å². The Morgan fingerprint density at radius 2 is 1.90 bits per heavy atom. The van der Waals surface area contributed by atoms with Crippen LogP contribution in [0.25, 0.3) is 10.2 Å². The lowest BCUT2D eigenvalue weighted by molar-refractivity contribution is -0.133. The molecule has 2 heterocycles. The van der Waals surface area contributed by atoms with Crippen molar-refractivity contribution >= 4 is 44.2 Å². The molecule has 0 radical (unpaired) electrons. The summed E-state index contributed by atoms with van der Waals surface area (Å²) in [7, 11) is 1.65. The van der Waals surface area contributed by atoms with Crippen LogP contribution in [-0.2, 0) is 9.59 Å². The van der Waals surface area contributed by atoms with Gasteiger partial charge in [0.25, 0.3) is 0 Å². The van der Waals surface area contributed by atoms with Crippen LogP contribution in [0.3, 0.4) is 0 Å². The first-order chi connectivity index (χ1) is 15.0. The molecule has 31 heavy (non-hydrogen) atoms. The monoisotopic (exact) mass is 442 g/mol. The number of piperazine rings is 1. The normalized spacial score (nSPS) is 14.0. The zero-order chi connectivity index (χ0) is 21.8. The van der Waals surface area contributed by atoms with Crippen LogP contribution >= 0.6 is 11.3 Å². The molecule has 2 amide bonds. The van der Waals surface area contributed by atoms with Crippen molar-refractivity contribution in [3.8, 4) is 5.75 Å². The second kappa shape index (κ2) is 9.30. The summed E-state index contributed by atoms with van der Waals surface area (Å²) in [5.41, 5.74) is 1.65. The topological polar surface area (TPSA) is 74.8 Å². The van der Waals surface area contributed by atoms with Gasteiger partial charge in [0.2, 0.25) is 11.8 Å². The summed E-state index contributed by atoms with van der Waals surface area (Å²) in [6, 6.07) is 12.1. The summed E-state index contributed by atoms with van der Waals surface area (Å²) in [4.78, 5) is 33.0. The van der Waals surface area contributed by atoms with Crippen LogP contribution in [0.1, 0.15) is 12.8 Å². The molecule has 9 heteroatoms. The number of thiazole rings is 1. The van der Waals surface area contributed by atoms with Crippen molar-refractivity contribution in [2.45, 2.75) is 12.8 Å². The Balaban J connectivity index is 1.25. The zero-order valence-electron chi connectivity index (χ0n) is 17.1. The number of fused-ring (bicyclic) bond motifs is 1. The maximum atomic E-state index is 13.3. The van der Waals surface area contributed by atoms with Crippen molar-refractivity contribution in [2.24, 2.45) is 0 Å². The van der Waals surface area contributed by atoms with E-state index < -0.39 is 0 Å². The predicted octanol–water partition coefficient (Wildman–Crippen LogP) is 3.51. The number of para-hydroxylation sites is 2. The average molecular weight is 443 g/mol. The van der Waals surface area contributed by atoms with Crippen LogP contribution in [0.4, 0.5) is 15.2 Å². The number of anilines is 2. The summed E-state index contributed by atoms with van der Waals surface area (Å²) >= 11 is 1.21. The number of rotatable bonds is 6. The second-order valence-electron chi connectivity index (χ2n) is 7.22. The minimum absolute atomic E-state index is 0.0406. The first-order valence-corrected chi connectivity index (χ1v) is 10.9. The van der Waals surface area contributed by atoms with Crippen LogP contribution in [0.5, 0.6) is 5.75 Å². The summed E-state index contributed by atoms with van der Waals surface area (Å²) < 4.78 is 19.4. The Morgan fingerprint density at radius 1 is 1.13 bits per heavy atom. The lowest BCUT2D eigenvalue weighted by Crippen LogP contribution is -2.49. The van der Waals surface area contributed by atoms with Gasteiger partial charge in [-0.05, 0) is 30.3 Å². The Morgan fingerprint density at radius 3 is 2.68 bits per heavy atom. The minimum Gasteiger partial charge on any atom is -0.495 e. The van der Waals surface area contributed by atoms with E-state index in [1.54, 1.807) is 18.1 Å². The van der Waals surface area contributed by atoms with Crippen LogP contribution in [0.15, 0.2) is 42.5 Å². The highest BCUT2D eigenvalue weighted by Crippen LogP contribution is 2.29. The van der Waals surface area contributed by atoms with E-state index in [0.29, 0.717) is 41.5 Å². The van der Waals surface area contributed by atoms with Gasteiger partial charge in [0.05, 0.1) is 23.0 Å². The van der Waals surface area contributed by atoms with Crippen molar-refractivity contribution in [3.05, 3.63) is 48.3 Å². The van der Waals surface area contributed by atoms with Gasteiger partial charge in [-0.3, -0.25) is 9.59 Å². The lowest BCUT2D eigenvalue weighted by atomic mass is 10.2. The molecule has 0 unspecified atom stereocenters. The molecule has 0 spiro atoms. The fourth-order valence-electron chi connectivity index (χ4n) is 3.60. The summed E-state index contributed by atoms with van der Waals surface area (Å²) in [5.74, 6) is 0.156. The molecule has 3 aromatic rings. The van der Waals surface area contributed by atoms with Gasteiger partial charge in [-0.15, -0.1) is 0 Å². The predicted molar refractivity (Wildman–Crippen MR) is 119 cm³/mol. The molecule has 1 N–H and O–H groups in total. The van der Waals surface area contributed by atoms with E-state index in [-0.39, 0.29) is 30.5 Å². The smallest absolute Gasteiger partial charge is 0.226 e.